The summed E-state index contributed by atoms with van der Waals surface area (Å²) >= 11 is 11.1. The van der Waals surface area contributed by atoms with Crippen LogP contribution >= 0.6 is 23.2 Å². The molecule has 0 bridgehead atoms. The first-order valence-corrected chi connectivity index (χ1v) is 3.79. The molecule has 1 amide bonds. The van der Waals surface area contributed by atoms with Gasteiger partial charge in [-0.3, -0.25) is 4.79 Å². The molecule has 0 unspecified atom stereocenters. The van der Waals surface area contributed by atoms with Gasteiger partial charge in [0.25, 0.3) is 5.91 Å². The first-order valence-electron chi connectivity index (χ1n) is 3.04. The van der Waals surface area contributed by atoms with Crippen LogP contribution in [-0.2, 0) is 0 Å². The second-order valence-electron chi connectivity index (χ2n) is 2.01. The number of rotatable bonds is 1. The van der Waals surface area contributed by atoms with Gasteiger partial charge in [-0.1, -0.05) is 23.2 Å². The topological polar surface area (TPSA) is 42.0 Å². The Kier molecular flexibility index (Phi) is 2.89. The Morgan fingerprint density at radius 1 is 1.42 bits per heavy atom. The molecule has 1 heterocycles. The molecular weight excluding hydrogens is 199 g/mol. The molecule has 63 valence electrons. The van der Waals surface area contributed by atoms with Crippen LogP contribution in [-0.4, -0.2) is 10.9 Å². The monoisotopic (exact) mass is 203 g/mol. The predicted molar refractivity (Wildman–Crippen MR) is 47.1 cm³/mol. The molecule has 0 aromatic carbocycles. The summed E-state index contributed by atoms with van der Waals surface area (Å²) in [7, 11) is 3.22. The van der Waals surface area contributed by atoms with Crippen molar-refractivity contribution >= 4 is 29.1 Å². The van der Waals surface area contributed by atoms with Crippen LogP contribution in [0.5, 0.6) is 0 Å². The highest BCUT2D eigenvalue weighted by molar-refractivity contribution is 6.33. The van der Waals surface area contributed by atoms with Crippen molar-refractivity contribution in [3.05, 3.63) is 35.1 Å². The molecule has 12 heavy (non-hydrogen) atoms. The summed E-state index contributed by atoms with van der Waals surface area (Å²) in [4.78, 5) is 14.7. The smallest absolute Gasteiger partial charge is 0.251 e. The third-order valence-corrected chi connectivity index (χ3v) is 1.57. The quantitative estimate of drug-likeness (QED) is 0.710. The van der Waals surface area contributed by atoms with Crippen LogP contribution in [0.4, 0.5) is 0 Å². The molecule has 0 aliphatic rings. The normalized spacial score (nSPS) is 9.58. The van der Waals surface area contributed by atoms with E-state index in [0.717, 1.165) is 0 Å². The van der Waals surface area contributed by atoms with Crippen LogP contribution in [0.3, 0.4) is 0 Å². The largest absolute Gasteiger partial charge is 0.350 e. The summed E-state index contributed by atoms with van der Waals surface area (Å²) < 4.78 is 0. The zero-order valence-electron chi connectivity index (χ0n) is 5.97. The van der Waals surface area contributed by atoms with Gasteiger partial charge in [0.2, 0.25) is 0 Å². The third kappa shape index (κ3) is 2.09. The summed E-state index contributed by atoms with van der Waals surface area (Å²) in [6.45, 7) is 0. The van der Waals surface area contributed by atoms with Gasteiger partial charge in [-0.15, -0.1) is 0 Å². The van der Waals surface area contributed by atoms with Crippen molar-refractivity contribution in [3.63, 3.8) is 0 Å². The summed E-state index contributed by atoms with van der Waals surface area (Å²) in [6.07, 6.45) is 0. The minimum Gasteiger partial charge on any atom is -0.350 e. The summed E-state index contributed by atoms with van der Waals surface area (Å²) in [6, 6.07) is 2.82. The molecular formula is C7H5Cl2N2O. The minimum atomic E-state index is -0.346. The van der Waals surface area contributed by atoms with Crippen LogP contribution < -0.4 is 5.32 Å². The summed E-state index contributed by atoms with van der Waals surface area (Å²) in [5.41, 5.74) is 0.343. The lowest BCUT2D eigenvalue weighted by Crippen LogP contribution is -2.15. The number of carbonyl (C=O) groups excluding carboxylic acids is 1. The summed E-state index contributed by atoms with van der Waals surface area (Å²) in [5.74, 6) is -0.346. The van der Waals surface area contributed by atoms with E-state index in [2.05, 4.69) is 17.3 Å². The van der Waals surface area contributed by atoms with Crippen LogP contribution in [0.15, 0.2) is 12.1 Å². The first-order chi connectivity index (χ1) is 5.63. The summed E-state index contributed by atoms with van der Waals surface area (Å²) in [5, 5.41) is 2.56. The molecule has 5 heteroatoms. The molecule has 0 atom stereocenters. The number of amides is 1. The Morgan fingerprint density at radius 3 is 2.33 bits per heavy atom. The second-order valence-corrected chi connectivity index (χ2v) is 2.78. The number of pyridine rings is 1. The number of hydrogen-bond donors (Lipinski definition) is 1. The lowest BCUT2D eigenvalue weighted by atomic mass is 10.2. The van der Waals surface area contributed by atoms with Crippen molar-refractivity contribution in [1.29, 1.82) is 0 Å². The van der Waals surface area contributed by atoms with Gasteiger partial charge in [0.05, 0.1) is 0 Å². The van der Waals surface area contributed by atoms with Crippen molar-refractivity contribution in [2.75, 3.05) is 0 Å². The van der Waals surface area contributed by atoms with Gasteiger partial charge >= 0.3 is 0 Å². The van der Waals surface area contributed by atoms with E-state index in [-0.39, 0.29) is 16.2 Å². The number of hydrogen-bond acceptors (Lipinski definition) is 2. The highest BCUT2D eigenvalue weighted by atomic mass is 35.5. The van der Waals surface area contributed by atoms with Gasteiger partial charge < -0.3 is 5.32 Å². The SMILES string of the molecule is [CH2]NC(=O)c1cc(Cl)nc(Cl)c1. The molecule has 0 aliphatic heterocycles. The van der Waals surface area contributed by atoms with Gasteiger partial charge in [-0.05, 0) is 12.1 Å². The molecule has 1 aromatic heterocycles. The molecule has 1 aromatic rings. The van der Waals surface area contributed by atoms with Gasteiger partial charge in [-0.25, -0.2) is 4.98 Å². The lowest BCUT2D eigenvalue weighted by Gasteiger charge is -1.99. The standard InChI is InChI=1S/C7H5Cl2N2O/c1-10-7(12)4-2-5(8)11-6(9)3-4/h2-3H,1H2,(H,10,12). The Hall–Kier alpha value is -0.800. The van der Waals surface area contributed by atoms with E-state index in [4.69, 9.17) is 23.2 Å². The maximum atomic E-state index is 11.0. The van der Waals surface area contributed by atoms with Gasteiger partial charge in [0, 0.05) is 12.6 Å². The van der Waals surface area contributed by atoms with Crippen molar-refractivity contribution in [3.8, 4) is 0 Å². The average Bonchev–Trinajstić information content (AvgIpc) is 2.01. The predicted octanol–water partition coefficient (Wildman–Crippen LogP) is 1.91. The molecule has 0 fully saturated rings. The molecule has 0 saturated carbocycles. The van der Waals surface area contributed by atoms with E-state index >= 15 is 0 Å². The maximum absolute atomic E-state index is 11.0. The van der Waals surface area contributed by atoms with E-state index in [1.807, 2.05) is 0 Å². The van der Waals surface area contributed by atoms with E-state index in [1.54, 1.807) is 0 Å². The fourth-order valence-corrected chi connectivity index (χ4v) is 1.16. The molecule has 1 rings (SSSR count). The Bertz CT molecular complexity index is 294. The molecule has 0 aliphatic carbocycles. The van der Waals surface area contributed by atoms with Crippen LogP contribution in [0.25, 0.3) is 0 Å². The Morgan fingerprint density at radius 2 is 1.92 bits per heavy atom. The fraction of sp³-hybridized carbons (Fsp3) is 0. The zero-order valence-corrected chi connectivity index (χ0v) is 7.49. The highest BCUT2D eigenvalue weighted by Crippen LogP contribution is 2.14. The maximum Gasteiger partial charge on any atom is 0.251 e. The van der Waals surface area contributed by atoms with Crippen molar-refractivity contribution in [2.24, 2.45) is 0 Å². The minimum absolute atomic E-state index is 0.182. The highest BCUT2D eigenvalue weighted by Gasteiger charge is 2.05. The number of carbonyl (C=O) groups is 1. The average molecular weight is 204 g/mol. The van der Waals surface area contributed by atoms with E-state index in [9.17, 15) is 4.79 Å². The van der Waals surface area contributed by atoms with Gasteiger partial charge in [0.1, 0.15) is 10.3 Å². The van der Waals surface area contributed by atoms with E-state index in [1.165, 1.54) is 12.1 Å². The Labute approximate surface area is 79.7 Å². The number of nitrogens with one attached hydrogen (secondary N) is 1. The molecule has 0 saturated heterocycles. The number of halogens is 2. The van der Waals surface area contributed by atoms with Crippen molar-refractivity contribution < 1.29 is 4.79 Å². The molecule has 1 radical (unpaired) electrons. The molecule has 3 nitrogen and oxygen atoms in total. The molecule has 0 spiro atoms. The fourth-order valence-electron chi connectivity index (χ4n) is 0.698. The zero-order chi connectivity index (χ0) is 9.14. The number of nitrogens with zero attached hydrogens (tertiary/aromatic N) is 1. The second kappa shape index (κ2) is 3.74. The van der Waals surface area contributed by atoms with E-state index in [0.29, 0.717) is 5.56 Å². The van der Waals surface area contributed by atoms with Crippen molar-refractivity contribution in [1.82, 2.24) is 10.3 Å². The Balaban J connectivity index is 3.08. The van der Waals surface area contributed by atoms with Gasteiger partial charge in [0.15, 0.2) is 0 Å². The van der Waals surface area contributed by atoms with Gasteiger partial charge in [-0.2, -0.15) is 0 Å². The molecule has 1 N–H and O–H groups in total. The van der Waals surface area contributed by atoms with Crippen LogP contribution in [0.1, 0.15) is 10.4 Å². The van der Waals surface area contributed by atoms with Crippen LogP contribution in [0, 0.1) is 7.05 Å². The van der Waals surface area contributed by atoms with Crippen molar-refractivity contribution in [2.45, 2.75) is 0 Å². The van der Waals surface area contributed by atoms with E-state index < -0.39 is 0 Å². The first kappa shape index (κ1) is 9.29. The third-order valence-electron chi connectivity index (χ3n) is 1.19. The lowest BCUT2D eigenvalue weighted by molar-refractivity contribution is 0.0969. The van der Waals surface area contributed by atoms with Crippen LogP contribution in [0.2, 0.25) is 10.3 Å². The number of aromatic nitrogens is 1.